The van der Waals surface area contributed by atoms with Crippen LogP contribution in [0.4, 0.5) is 0 Å². The number of hydrogen-bond acceptors (Lipinski definition) is 6. The second kappa shape index (κ2) is 8.68. The number of thiophene rings is 1. The number of rotatable bonds is 6. The van der Waals surface area contributed by atoms with Gasteiger partial charge >= 0.3 is 11.7 Å². The average Bonchev–Trinajstić information content (AvgIpc) is 3.12. The minimum absolute atomic E-state index is 0.127. The molecule has 0 aliphatic carbocycles. The lowest BCUT2D eigenvalue weighted by atomic mass is 10.1. The quantitative estimate of drug-likeness (QED) is 0.418. The number of fused-ring (bicyclic) bond motifs is 1. The number of carbonyl (C=O) groups is 1. The molecule has 0 radical (unpaired) electrons. The Kier molecular flexibility index (Phi) is 5.94. The van der Waals surface area contributed by atoms with Gasteiger partial charge in [-0.25, -0.2) is 9.36 Å². The van der Waals surface area contributed by atoms with Gasteiger partial charge in [0.25, 0.3) is 5.56 Å². The third-order valence-corrected chi connectivity index (χ3v) is 7.44. The number of hydrogen-bond donors (Lipinski definition) is 2. The van der Waals surface area contributed by atoms with E-state index in [4.69, 9.17) is 0 Å². The number of phenolic OH excluding ortho intramolecular Hbond substituents is 1. The Bertz CT molecular complexity index is 1450. The molecule has 0 fully saturated rings. The first-order valence-corrected chi connectivity index (χ1v) is 11.8. The van der Waals surface area contributed by atoms with Crippen LogP contribution in [0.2, 0.25) is 0 Å². The van der Waals surface area contributed by atoms with E-state index in [0.717, 1.165) is 25.5 Å². The van der Waals surface area contributed by atoms with E-state index in [9.17, 15) is 24.6 Å². The molecule has 0 bridgehead atoms. The van der Waals surface area contributed by atoms with Crippen LogP contribution >= 0.6 is 23.1 Å². The van der Waals surface area contributed by atoms with Crippen molar-refractivity contribution in [1.82, 2.24) is 9.13 Å². The van der Waals surface area contributed by atoms with Crippen molar-refractivity contribution in [2.24, 2.45) is 0 Å². The van der Waals surface area contributed by atoms with Gasteiger partial charge in [-0.1, -0.05) is 18.2 Å². The highest BCUT2D eigenvalue weighted by molar-refractivity contribution is 7.98. The largest absolute Gasteiger partial charge is 0.508 e. The van der Waals surface area contributed by atoms with Gasteiger partial charge in [0.2, 0.25) is 0 Å². The maximum atomic E-state index is 13.3. The molecule has 32 heavy (non-hydrogen) atoms. The molecule has 0 saturated carbocycles. The number of carboxylic acid groups (broad SMARTS) is 1. The summed E-state index contributed by atoms with van der Waals surface area (Å²) >= 11 is 2.86. The summed E-state index contributed by atoms with van der Waals surface area (Å²) in [6.07, 6.45) is 1.95. The summed E-state index contributed by atoms with van der Waals surface area (Å²) in [5.41, 5.74) is 1.11. The lowest BCUT2D eigenvalue weighted by molar-refractivity contribution is -0.137. The Morgan fingerprint density at radius 3 is 2.41 bits per heavy atom. The Morgan fingerprint density at radius 1 is 1.06 bits per heavy atom. The smallest absolute Gasteiger partial charge is 0.332 e. The summed E-state index contributed by atoms with van der Waals surface area (Å²) in [4.78, 5) is 40.1. The summed E-state index contributed by atoms with van der Waals surface area (Å²) in [5.74, 6) is -1.13. The summed E-state index contributed by atoms with van der Waals surface area (Å²) < 4.78 is 2.27. The van der Waals surface area contributed by atoms with Gasteiger partial charge in [0, 0.05) is 9.77 Å². The van der Waals surface area contributed by atoms with Crippen LogP contribution in [-0.2, 0) is 17.9 Å². The fourth-order valence-corrected chi connectivity index (χ4v) is 5.61. The summed E-state index contributed by atoms with van der Waals surface area (Å²) in [7, 11) is 0. The maximum Gasteiger partial charge on any atom is 0.332 e. The van der Waals surface area contributed by atoms with Crippen LogP contribution in [0, 0.1) is 6.92 Å². The number of aliphatic carboxylic acids is 1. The van der Waals surface area contributed by atoms with Crippen molar-refractivity contribution >= 4 is 39.3 Å². The van der Waals surface area contributed by atoms with Gasteiger partial charge in [0.15, 0.2) is 0 Å². The molecule has 0 unspecified atom stereocenters. The van der Waals surface area contributed by atoms with E-state index in [1.165, 1.54) is 15.9 Å². The molecule has 4 aromatic rings. The van der Waals surface area contributed by atoms with Crippen molar-refractivity contribution < 1.29 is 15.0 Å². The second-order valence-electron chi connectivity index (χ2n) is 7.25. The van der Waals surface area contributed by atoms with Crippen molar-refractivity contribution in [3.63, 3.8) is 0 Å². The van der Waals surface area contributed by atoms with Crippen molar-refractivity contribution in [3.05, 3.63) is 80.5 Å². The van der Waals surface area contributed by atoms with Crippen molar-refractivity contribution in [2.75, 3.05) is 6.26 Å². The zero-order valence-electron chi connectivity index (χ0n) is 17.4. The molecule has 0 spiro atoms. The predicted molar refractivity (Wildman–Crippen MR) is 127 cm³/mol. The number of aryl methyl sites for hydroxylation is 1. The highest BCUT2D eigenvalue weighted by atomic mass is 32.2. The van der Waals surface area contributed by atoms with Gasteiger partial charge in [0.05, 0.1) is 11.9 Å². The molecule has 0 amide bonds. The standard InChI is InChI=1S/C23H20N2O5S2/c1-13-19-21(29)24(12-18(27)28)23(30)25(11-15-5-3-4-6-17(15)31-2)22(19)32-20(13)14-7-9-16(26)10-8-14/h3-10,26H,11-12H2,1-2H3,(H,27,28). The van der Waals surface area contributed by atoms with Gasteiger partial charge < -0.3 is 10.2 Å². The lowest BCUT2D eigenvalue weighted by Crippen LogP contribution is -2.41. The van der Waals surface area contributed by atoms with E-state index in [-0.39, 0.29) is 12.3 Å². The zero-order chi connectivity index (χ0) is 23.0. The Hall–Kier alpha value is -3.30. The van der Waals surface area contributed by atoms with E-state index in [0.29, 0.717) is 15.8 Å². The number of thioether (sulfide) groups is 1. The summed E-state index contributed by atoms with van der Waals surface area (Å²) in [6, 6.07) is 14.3. The molecule has 4 rings (SSSR count). The summed E-state index contributed by atoms with van der Waals surface area (Å²) in [5, 5.41) is 19.2. The molecule has 2 aromatic carbocycles. The molecule has 0 saturated heterocycles. The van der Waals surface area contributed by atoms with Crippen LogP contribution in [0.25, 0.3) is 20.7 Å². The molecule has 2 N–H and O–H groups in total. The number of aromatic nitrogens is 2. The number of nitrogens with zero attached hydrogens (tertiary/aromatic N) is 2. The predicted octanol–water partition coefficient (Wildman–Crippen LogP) is 3.76. The third-order valence-electron chi connectivity index (χ3n) is 5.24. The molecule has 2 aromatic heterocycles. The molecule has 9 heteroatoms. The van der Waals surface area contributed by atoms with Crippen molar-refractivity contribution in [3.8, 4) is 16.2 Å². The Labute approximate surface area is 191 Å². The first kappa shape index (κ1) is 21.9. The average molecular weight is 469 g/mol. The Morgan fingerprint density at radius 2 is 1.75 bits per heavy atom. The van der Waals surface area contributed by atoms with E-state index < -0.39 is 23.8 Å². The number of benzene rings is 2. The molecule has 0 atom stereocenters. The van der Waals surface area contributed by atoms with Gasteiger partial charge in [-0.2, -0.15) is 0 Å². The molecule has 164 valence electrons. The third kappa shape index (κ3) is 3.85. The van der Waals surface area contributed by atoms with Crippen LogP contribution in [0.3, 0.4) is 0 Å². The molecular formula is C23H20N2O5S2. The van der Waals surface area contributed by atoms with Crippen LogP contribution < -0.4 is 11.2 Å². The topological polar surface area (TPSA) is 102 Å². The highest BCUT2D eigenvalue weighted by Gasteiger charge is 2.22. The molecule has 0 aliphatic rings. The van der Waals surface area contributed by atoms with Crippen LogP contribution in [-0.4, -0.2) is 31.6 Å². The van der Waals surface area contributed by atoms with Crippen LogP contribution in [0.15, 0.2) is 63.0 Å². The SMILES string of the molecule is CSc1ccccc1Cn1c(=O)n(CC(=O)O)c(=O)c2c(C)c(-c3ccc(O)cc3)sc21. The van der Waals surface area contributed by atoms with Crippen molar-refractivity contribution in [2.45, 2.75) is 24.9 Å². The molecule has 2 heterocycles. The fourth-order valence-electron chi connectivity index (χ4n) is 3.70. The normalized spacial score (nSPS) is 11.2. The number of aromatic hydroxyl groups is 1. The minimum Gasteiger partial charge on any atom is -0.508 e. The van der Waals surface area contributed by atoms with Gasteiger partial charge in [-0.3, -0.25) is 14.2 Å². The number of phenols is 1. The first-order chi connectivity index (χ1) is 15.3. The lowest BCUT2D eigenvalue weighted by Gasteiger charge is -2.13. The van der Waals surface area contributed by atoms with E-state index in [2.05, 4.69) is 0 Å². The second-order valence-corrected chi connectivity index (χ2v) is 9.10. The number of carboxylic acids is 1. The van der Waals surface area contributed by atoms with Gasteiger partial charge in [-0.15, -0.1) is 23.1 Å². The van der Waals surface area contributed by atoms with Crippen LogP contribution in [0.5, 0.6) is 5.75 Å². The Balaban J connectivity index is 2.03. The van der Waals surface area contributed by atoms with E-state index in [1.807, 2.05) is 30.5 Å². The van der Waals surface area contributed by atoms with Gasteiger partial charge in [-0.05, 0) is 60.2 Å². The van der Waals surface area contributed by atoms with Crippen molar-refractivity contribution in [1.29, 1.82) is 0 Å². The zero-order valence-corrected chi connectivity index (χ0v) is 19.0. The van der Waals surface area contributed by atoms with E-state index in [1.54, 1.807) is 43.0 Å². The first-order valence-electron chi connectivity index (χ1n) is 9.71. The molecular weight excluding hydrogens is 448 g/mol. The fraction of sp³-hybridized carbons (Fsp3) is 0.174. The maximum absolute atomic E-state index is 13.3. The van der Waals surface area contributed by atoms with E-state index >= 15 is 0 Å². The molecule has 0 aliphatic heterocycles. The molecule has 7 nitrogen and oxygen atoms in total. The minimum atomic E-state index is -1.26. The van der Waals surface area contributed by atoms with Crippen LogP contribution in [0.1, 0.15) is 11.1 Å². The summed E-state index contributed by atoms with van der Waals surface area (Å²) in [6.45, 7) is 1.29. The van der Waals surface area contributed by atoms with Gasteiger partial charge in [0.1, 0.15) is 17.1 Å². The highest BCUT2D eigenvalue weighted by Crippen LogP contribution is 2.37. The monoisotopic (exact) mass is 468 g/mol.